The summed E-state index contributed by atoms with van der Waals surface area (Å²) >= 11 is 0. The van der Waals surface area contributed by atoms with E-state index in [-0.39, 0.29) is 35.1 Å². The first-order valence-corrected chi connectivity index (χ1v) is 12.3. The summed E-state index contributed by atoms with van der Waals surface area (Å²) in [5.74, 6) is 0.917. The Bertz CT molecular complexity index is 1260. The molecule has 0 spiro atoms. The van der Waals surface area contributed by atoms with Gasteiger partial charge in [0.1, 0.15) is 5.82 Å². The summed E-state index contributed by atoms with van der Waals surface area (Å²) in [5, 5.41) is 10.0. The molecule has 8 nitrogen and oxygen atoms in total. The van der Waals surface area contributed by atoms with E-state index in [0.29, 0.717) is 11.6 Å². The number of aromatic nitrogens is 3. The average Bonchev–Trinajstić information content (AvgIpc) is 3.59. The summed E-state index contributed by atoms with van der Waals surface area (Å²) in [6.45, 7) is 5.93. The van der Waals surface area contributed by atoms with E-state index in [2.05, 4.69) is 44.0 Å². The summed E-state index contributed by atoms with van der Waals surface area (Å²) in [4.78, 5) is 33.6. The SMILES string of the molecule is CC(C)(C)c1noc(C(=O)N[C@@H]2CCCCc3cc(-c4ccnc(NC(=O)C5CC5)c4)ccc32)n1. The molecule has 1 fully saturated rings. The van der Waals surface area contributed by atoms with Crippen molar-refractivity contribution in [2.75, 3.05) is 5.32 Å². The van der Waals surface area contributed by atoms with Crippen LogP contribution in [0.25, 0.3) is 11.1 Å². The number of hydrogen-bond donors (Lipinski definition) is 2. The maximum atomic E-state index is 12.9. The Kier molecular flexibility index (Phi) is 6.13. The van der Waals surface area contributed by atoms with Crippen molar-refractivity contribution in [2.24, 2.45) is 5.92 Å². The Hall–Kier alpha value is -3.55. The van der Waals surface area contributed by atoms with Crippen LogP contribution in [0, 0.1) is 5.92 Å². The lowest BCUT2D eigenvalue weighted by molar-refractivity contribution is -0.117. The van der Waals surface area contributed by atoms with E-state index in [4.69, 9.17) is 4.52 Å². The van der Waals surface area contributed by atoms with Crippen LogP contribution < -0.4 is 10.6 Å². The molecule has 0 radical (unpaired) electrons. The number of hydrogen-bond acceptors (Lipinski definition) is 6. The molecule has 2 heterocycles. The lowest BCUT2D eigenvalue weighted by Crippen LogP contribution is -2.29. The standard InChI is InChI=1S/C27H31N5O3/c1-27(2,3)26-31-25(35-32-26)24(34)29-21-7-5-4-6-19-14-17(10-11-20(19)21)18-12-13-28-22(15-18)30-23(33)16-8-9-16/h10-16,21H,4-9H2,1-3H3,(H,29,34)(H,28,30,33)/t21-/m1/s1. The maximum Gasteiger partial charge on any atom is 0.315 e. The van der Waals surface area contributed by atoms with E-state index in [9.17, 15) is 9.59 Å². The van der Waals surface area contributed by atoms with Gasteiger partial charge in [0, 0.05) is 17.5 Å². The van der Waals surface area contributed by atoms with Gasteiger partial charge in [0.15, 0.2) is 5.82 Å². The topological polar surface area (TPSA) is 110 Å². The Labute approximate surface area is 204 Å². The lowest BCUT2D eigenvalue weighted by atomic mass is 9.94. The number of rotatable bonds is 5. The number of pyridine rings is 1. The zero-order chi connectivity index (χ0) is 24.6. The van der Waals surface area contributed by atoms with E-state index in [1.54, 1.807) is 6.20 Å². The first-order valence-electron chi connectivity index (χ1n) is 12.3. The third kappa shape index (κ3) is 5.26. The molecule has 35 heavy (non-hydrogen) atoms. The number of carbonyl (C=O) groups is 2. The predicted molar refractivity (Wildman–Crippen MR) is 132 cm³/mol. The summed E-state index contributed by atoms with van der Waals surface area (Å²) in [6.07, 6.45) is 7.50. The van der Waals surface area contributed by atoms with Crippen LogP contribution in [0.3, 0.4) is 0 Å². The Morgan fingerprint density at radius 1 is 1.03 bits per heavy atom. The van der Waals surface area contributed by atoms with Crippen LogP contribution in [0.1, 0.15) is 86.6 Å². The average molecular weight is 474 g/mol. The van der Waals surface area contributed by atoms with Crippen molar-refractivity contribution in [2.45, 2.75) is 70.8 Å². The molecule has 2 aromatic heterocycles. The molecule has 2 aliphatic carbocycles. The van der Waals surface area contributed by atoms with Gasteiger partial charge in [0.2, 0.25) is 5.91 Å². The highest BCUT2D eigenvalue weighted by atomic mass is 16.5. The normalized spacial score (nSPS) is 17.9. The Morgan fingerprint density at radius 2 is 1.83 bits per heavy atom. The molecule has 0 saturated heterocycles. The molecule has 1 aromatic carbocycles. The summed E-state index contributed by atoms with van der Waals surface area (Å²) < 4.78 is 5.24. The van der Waals surface area contributed by atoms with Crippen LogP contribution in [0.15, 0.2) is 41.1 Å². The number of amides is 2. The van der Waals surface area contributed by atoms with E-state index in [1.165, 1.54) is 5.56 Å². The van der Waals surface area contributed by atoms with Crippen LogP contribution >= 0.6 is 0 Å². The fourth-order valence-electron chi connectivity index (χ4n) is 4.40. The minimum atomic E-state index is -0.347. The molecule has 8 heteroatoms. The number of benzene rings is 1. The highest BCUT2D eigenvalue weighted by Gasteiger charge is 2.30. The van der Waals surface area contributed by atoms with Gasteiger partial charge >= 0.3 is 11.8 Å². The summed E-state index contributed by atoms with van der Waals surface area (Å²) in [5.41, 5.74) is 4.10. The van der Waals surface area contributed by atoms with Gasteiger partial charge in [-0.15, -0.1) is 0 Å². The number of aryl methyl sites for hydroxylation is 1. The van der Waals surface area contributed by atoms with E-state index >= 15 is 0 Å². The quantitative estimate of drug-likeness (QED) is 0.506. The zero-order valence-corrected chi connectivity index (χ0v) is 20.4. The van der Waals surface area contributed by atoms with Gasteiger partial charge in [-0.05, 0) is 66.5 Å². The minimum absolute atomic E-state index is 0.00472. The van der Waals surface area contributed by atoms with Crippen LogP contribution in [0.5, 0.6) is 0 Å². The van der Waals surface area contributed by atoms with Crippen LogP contribution in [-0.4, -0.2) is 26.9 Å². The number of nitrogens with one attached hydrogen (secondary N) is 2. The van der Waals surface area contributed by atoms with E-state index < -0.39 is 0 Å². The minimum Gasteiger partial charge on any atom is -0.341 e. The lowest BCUT2D eigenvalue weighted by Gasteiger charge is -2.19. The fraction of sp³-hybridized carbons (Fsp3) is 0.444. The maximum absolute atomic E-state index is 12.9. The second-order valence-corrected chi connectivity index (χ2v) is 10.6. The van der Waals surface area contributed by atoms with Crippen molar-refractivity contribution in [3.05, 3.63) is 59.4 Å². The molecule has 0 unspecified atom stereocenters. The first kappa shape index (κ1) is 23.2. The second kappa shape index (κ2) is 9.24. The predicted octanol–water partition coefficient (Wildman–Crippen LogP) is 4.98. The molecule has 1 saturated carbocycles. The van der Waals surface area contributed by atoms with Gasteiger partial charge < -0.3 is 15.2 Å². The van der Waals surface area contributed by atoms with Gasteiger partial charge in [0.25, 0.3) is 0 Å². The molecule has 1 atom stereocenters. The van der Waals surface area contributed by atoms with E-state index in [1.807, 2.05) is 32.9 Å². The summed E-state index contributed by atoms with van der Waals surface area (Å²) in [7, 11) is 0. The number of fused-ring (bicyclic) bond motifs is 1. The monoisotopic (exact) mass is 473 g/mol. The van der Waals surface area contributed by atoms with Crippen molar-refractivity contribution >= 4 is 17.6 Å². The summed E-state index contributed by atoms with van der Waals surface area (Å²) in [6, 6.07) is 10.1. The third-order valence-electron chi connectivity index (χ3n) is 6.60. The smallest absolute Gasteiger partial charge is 0.315 e. The van der Waals surface area contributed by atoms with Crippen LogP contribution in [0.4, 0.5) is 5.82 Å². The molecule has 182 valence electrons. The van der Waals surface area contributed by atoms with Crippen molar-refractivity contribution < 1.29 is 14.1 Å². The van der Waals surface area contributed by atoms with Gasteiger partial charge in [-0.2, -0.15) is 4.98 Å². The van der Waals surface area contributed by atoms with Crippen LogP contribution in [0.2, 0.25) is 0 Å². The molecule has 0 bridgehead atoms. The highest BCUT2D eigenvalue weighted by Crippen LogP contribution is 2.34. The van der Waals surface area contributed by atoms with Gasteiger partial charge in [-0.1, -0.05) is 50.5 Å². The Morgan fingerprint density at radius 3 is 2.57 bits per heavy atom. The molecule has 2 N–H and O–H groups in total. The number of anilines is 1. The Balaban J connectivity index is 1.35. The number of nitrogens with zero attached hydrogens (tertiary/aromatic N) is 3. The molecule has 3 aromatic rings. The van der Waals surface area contributed by atoms with Crippen molar-refractivity contribution in [1.82, 2.24) is 20.4 Å². The van der Waals surface area contributed by atoms with Crippen molar-refractivity contribution in [3.8, 4) is 11.1 Å². The molecule has 2 aliphatic rings. The molecular formula is C27H31N5O3. The fourth-order valence-corrected chi connectivity index (χ4v) is 4.40. The highest BCUT2D eigenvalue weighted by molar-refractivity contribution is 5.93. The largest absolute Gasteiger partial charge is 0.341 e. The van der Waals surface area contributed by atoms with Crippen molar-refractivity contribution in [1.29, 1.82) is 0 Å². The van der Waals surface area contributed by atoms with Gasteiger partial charge in [-0.3, -0.25) is 9.59 Å². The molecular weight excluding hydrogens is 442 g/mol. The zero-order valence-electron chi connectivity index (χ0n) is 20.4. The van der Waals surface area contributed by atoms with Crippen molar-refractivity contribution in [3.63, 3.8) is 0 Å². The third-order valence-corrected chi connectivity index (χ3v) is 6.60. The van der Waals surface area contributed by atoms with Crippen LogP contribution in [-0.2, 0) is 16.6 Å². The second-order valence-electron chi connectivity index (χ2n) is 10.6. The molecule has 2 amide bonds. The van der Waals surface area contributed by atoms with Gasteiger partial charge in [-0.25, -0.2) is 4.98 Å². The van der Waals surface area contributed by atoms with E-state index in [0.717, 1.165) is 55.2 Å². The van der Waals surface area contributed by atoms with Gasteiger partial charge in [0.05, 0.1) is 6.04 Å². The first-order chi connectivity index (χ1) is 16.8. The molecule has 5 rings (SSSR count). The molecule has 0 aliphatic heterocycles. The number of carbonyl (C=O) groups excluding carboxylic acids is 2.